The molecule has 0 atom stereocenters. The molecule has 0 radical (unpaired) electrons. The molecule has 0 unspecified atom stereocenters. The number of aliphatic imine (C=N–C) groups is 1. The van der Waals surface area contributed by atoms with E-state index in [4.69, 9.17) is 21.1 Å². The van der Waals surface area contributed by atoms with E-state index in [0.717, 1.165) is 6.07 Å². The van der Waals surface area contributed by atoms with Crippen molar-refractivity contribution >= 4 is 67.1 Å². The highest BCUT2D eigenvalue weighted by atomic mass is 79.9. The number of hydrogen-bond acceptors (Lipinski definition) is 6. The number of halogens is 4. The summed E-state index contributed by atoms with van der Waals surface area (Å²) >= 11 is 13.0. The van der Waals surface area contributed by atoms with Crippen molar-refractivity contribution in [1.82, 2.24) is 0 Å². The van der Waals surface area contributed by atoms with Crippen molar-refractivity contribution in [3.8, 4) is 5.75 Å². The fraction of sp³-hybridized carbons (Fsp3) is 0.0435. The van der Waals surface area contributed by atoms with E-state index in [-0.39, 0.29) is 40.3 Å². The Morgan fingerprint density at radius 3 is 2.53 bits per heavy atom. The van der Waals surface area contributed by atoms with Crippen LogP contribution in [0.15, 0.2) is 74.2 Å². The van der Waals surface area contributed by atoms with Crippen LogP contribution in [-0.4, -0.2) is 16.8 Å². The lowest BCUT2D eigenvalue weighted by molar-refractivity contribution is -0.384. The Morgan fingerprint density at radius 1 is 1.15 bits per heavy atom. The smallest absolute Gasteiger partial charge is 0.363 e. The molecule has 0 saturated heterocycles. The van der Waals surface area contributed by atoms with E-state index in [2.05, 4.69) is 36.9 Å². The molecule has 0 amide bonds. The van der Waals surface area contributed by atoms with Crippen LogP contribution < -0.4 is 4.74 Å². The van der Waals surface area contributed by atoms with Crippen molar-refractivity contribution in [3.63, 3.8) is 0 Å². The number of nitro benzene ring substituents is 1. The van der Waals surface area contributed by atoms with Crippen LogP contribution in [-0.2, 0) is 16.1 Å². The van der Waals surface area contributed by atoms with Gasteiger partial charge in [0.2, 0.25) is 5.90 Å². The van der Waals surface area contributed by atoms with Crippen molar-refractivity contribution < 1.29 is 23.6 Å². The Balaban J connectivity index is 1.57. The molecule has 0 saturated carbocycles. The van der Waals surface area contributed by atoms with Crippen molar-refractivity contribution in [1.29, 1.82) is 0 Å². The van der Waals surface area contributed by atoms with E-state index < -0.39 is 10.9 Å². The first kappa shape index (κ1) is 24.1. The number of nitrogens with zero attached hydrogens (tertiary/aromatic N) is 2. The molecule has 4 rings (SSSR count). The molecular formula is C23H12Br2ClFN2O5. The molecule has 0 spiro atoms. The maximum atomic E-state index is 13.4. The average Bonchev–Trinajstić information content (AvgIpc) is 3.12. The zero-order chi connectivity index (χ0) is 24.4. The molecule has 1 aliphatic heterocycles. The Hall–Kier alpha value is -3.08. The molecule has 3 aromatic carbocycles. The van der Waals surface area contributed by atoms with Gasteiger partial charge in [-0.2, -0.15) is 0 Å². The molecule has 11 heteroatoms. The third kappa shape index (κ3) is 5.35. The van der Waals surface area contributed by atoms with Crippen molar-refractivity contribution in [2.45, 2.75) is 6.61 Å². The SMILES string of the molecule is O=C1OC(c2ccc([N+](=O)[O-])cc2Cl)=N/C1=C\c1cc(Br)c(OCc2cccc(F)c2)c(Br)c1. The van der Waals surface area contributed by atoms with Gasteiger partial charge in [-0.25, -0.2) is 14.2 Å². The molecule has 34 heavy (non-hydrogen) atoms. The van der Waals surface area contributed by atoms with Crippen LogP contribution in [0.25, 0.3) is 6.08 Å². The summed E-state index contributed by atoms with van der Waals surface area (Å²) < 4.78 is 25.6. The number of ether oxygens (including phenoxy) is 2. The van der Waals surface area contributed by atoms with Gasteiger partial charge in [0, 0.05) is 12.1 Å². The van der Waals surface area contributed by atoms with Crippen LogP contribution in [0.2, 0.25) is 5.02 Å². The quantitative estimate of drug-likeness (QED) is 0.132. The maximum absolute atomic E-state index is 13.4. The Labute approximate surface area is 214 Å². The predicted molar refractivity (Wildman–Crippen MR) is 131 cm³/mol. The molecule has 1 aliphatic rings. The van der Waals surface area contributed by atoms with Crippen molar-refractivity contribution in [2.75, 3.05) is 0 Å². The molecule has 1 heterocycles. The molecule has 172 valence electrons. The molecule has 7 nitrogen and oxygen atoms in total. The minimum atomic E-state index is -0.692. The summed E-state index contributed by atoms with van der Waals surface area (Å²) in [7, 11) is 0. The largest absolute Gasteiger partial charge is 0.487 e. The number of benzene rings is 3. The van der Waals surface area contributed by atoms with E-state index >= 15 is 0 Å². The summed E-state index contributed by atoms with van der Waals surface area (Å²) in [4.78, 5) is 26.8. The first-order chi connectivity index (χ1) is 16.2. The number of cyclic esters (lactones) is 1. The third-order valence-corrected chi connectivity index (χ3v) is 6.10. The highest BCUT2D eigenvalue weighted by molar-refractivity contribution is 9.11. The highest BCUT2D eigenvalue weighted by Gasteiger charge is 2.26. The topological polar surface area (TPSA) is 91.0 Å². The first-order valence-electron chi connectivity index (χ1n) is 9.54. The number of non-ortho nitro benzene ring substituents is 1. The van der Waals surface area contributed by atoms with Gasteiger partial charge in [0.1, 0.15) is 18.2 Å². The number of hydrogen-bond donors (Lipinski definition) is 0. The zero-order valence-corrected chi connectivity index (χ0v) is 20.9. The van der Waals surface area contributed by atoms with Crippen LogP contribution in [0.1, 0.15) is 16.7 Å². The summed E-state index contributed by atoms with van der Waals surface area (Å²) in [6, 6.07) is 13.3. The summed E-state index contributed by atoms with van der Waals surface area (Å²) in [6.07, 6.45) is 1.51. The normalized spacial score (nSPS) is 14.2. The second-order valence-electron chi connectivity index (χ2n) is 6.99. The zero-order valence-electron chi connectivity index (χ0n) is 16.9. The second kappa shape index (κ2) is 10.0. The van der Waals surface area contributed by atoms with Gasteiger partial charge in [-0.15, -0.1) is 0 Å². The fourth-order valence-corrected chi connectivity index (χ4v) is 4.76. The van der Waals surface area contributed by atoms with Crippen molar-refractivity contribution in [3.05, 3.63) is 107 Å². The predicted octanol–water partition coefficient (Wildman–Crippen LogP) is 6.84. The standard InChI is InChI=1S/C23H12Br2ClFN2O5/c24-17-7-13(8-18(25)21(17)33-11-12-2-1-3-14(27)6-12)9-20-23(30)34-22(28-20)16-5-4-15(29(31)32)10-19(16)26/h1-10H,11H2/b20-9-. The Kier molecular flexibility index (Phi) is 7.11. The number of rotatable bonds is 6. The summed E-state index contributed by atoms with van der Waals surface area (Å²) in [5.74, 6) is -0.589. The van der Waals surface area contributed by atoms with Crippen LogP contribution in [0.4, 0.5) is 10.1 Å². The van der Waals surface area contributed by atoms with Crippen LogP contribution in [0, 0.1) is 15.9 Å². The van der Waals surface area contributed by atoms with E-state index in [1.807, 2.05) is 0 Å². The molecule has 0 aromatic heterocycles. The molecule has 3 aromatic rings. The monoisotopic (exact) mass is 608 g/mol. The maximum Gasteiger partial charge on any atom is 0.363 e. The van der Waals surface area contributed by atoms with E-state index in [1.54, 1.807) is 24.3 Å². The van der Waals surface area contributed by atoms with Crippen molar-refractivity contribution in [2.24, 2.45) is 4.99 Å². The number of carbonyl (C=O) groups excluding carboxylic acids is 1. The van der Waals surface area contributed by atoms with Gasteiger partial charge < -0.3 is 9.47 Å². The number of nitro groups is 1. The van der Waals surface area contributed by atoms with Crippen LogP contribution >= 0.6 is 43.5 Å². The van der Waals surface area contributed by atoms with Crippen LogP contribution in [0.5, 0.6) is 5.75 Å². The lowest BCUT2D eigenvalue weighted by Gasteiger charge is -2.11. The summed E-state index contributed by atoms with van der Waals surface area (Å²) in [5.41, 5.74) is 1.38. The Bertz CT molecular complexity index is 1370. The van der Waals surface area contributed by atoms with E-state index in [1.165, 1.54) is 30.3 Å². The van der Waals surface area contributed by atoms with Gasteiger partial charge in [0.25, 0.3) is 5.69 Å². The van der Waals surface area contributed by atoms with Gasteiger partial charge >= 0.3 is 5.97 Å². The molecule has 0 N–H and O–H groups in total. The van der Waals surface area contributed by atoms with Gasteiger partial charge in [-0.1, -0.05) is 23.7 Å². The molecule has 0 fully saturated rings. The van der Waals surface area contributed by atoms with Gasteiger partial charge in [-0.3, -0.25) is 10.1 Å². The van der Waals surface area contributed by atoms with Crippen LogP contribution in [0.3, 0.4) is 0 Å². The first-order valence-corrected chi connectivity index (χ1v) is 11.5. The molecule has 0 aliphatic carbocycles. The molecule has 0 bridgehead atoms. The van der Waals surface area contributed by atoms with E-state index in [0.29, 0.717) is 25.8 Å². The minimum Gasteiger partial charge on any atom is -0.487 e. The average molecular weight is 611 g/mol. The van der Waals surface area contributed by atoms with E-state index in [9.17, 15) is 19.3 Å². The summed E-state index contributed by atoms with van der Waals surface area (Å²) in [6.45, 7) is 0.158. The van der Waals surface area contributed by atoms with Gasteiger partial charge in [0.05, 0.1) is 24.5 Å². The molecular weight excluding hydrogens is 599 g/mol. The minimum absolute atomic E-state index is 0.0247. The highest BCUT2D eigenvalue weighted by Crippen LogP contribution is 2.36. The third-order valence-electron chi connectivity index (χ3n) is 4.61. The second-order valence-corrected chi connectivity index (χ2v) is 9.11. The van der Waals surface area contributed by atoms with Gasteiger partial charge in [0.15, 0.2) is 5.70 Å². The fourth-order valence-electron chi connectivity index (χ4n) is 3.06. The number of carbonyl (C=O) groups is 1. The lowest BCUT2D eigenvalue weighted by Crippen LogP contribution is -2.06. The lowest BCUT2D eigenvalue weighted by atomic mass is 10.2. The Morgan fingerprint density at radius 2 is 1.88 bits per heavy atom. The van der Waals surface area contributed by atoms with Gasteiger partial charge in [-0.05, 0) is 79.4 Å². The number of esters is 1. The summed E-state index contributed by atoms with van der Waals surface area (Å²) in [5, 5.41) is 10.9.